The van der Waals surface area contributed by atoms with Crippen LogP contribution in [0.1, 0.15) is 23.1 Å². The van der Waals surface area contributed by atoms with Crippen molar-refractivity contribution < 1.29 is 46.5 Å². The molecule has 1 atom stereocenters. The predicted octanol–water partition coefficient (Wildman–Crippen LogP) is 4.84. The van der Waals surface area contributed by atoms with Gasteiger partial charge in [0.25, 0.3) is 11.7 Å². The summed E-state index contributed by atoms with van der Waals surface area (Å²) in [5.74, 6) is -1.47. The van der Waals surface area contributed by atoms with E-state index in [2.05, 4.69) is 4.74 Å². The number of alkyl halides is 3. The maximum absolute atomic E-state index is 13.1. The Morgan fingerprint density at radius 3 is 2.40 bits per heavy atom. The van der Waals surface area contributed by atoms with Crippen LogP contribution in [0.5, 0.6) is 17.2 Å². The van der Waals surface area contributed by atoms with Crippen molar-refractivity contribution in [3.63, 3.8) is 0 Å². The lowest BCUT2D eigenvalue weighted by molar-refractivity contribution is -0.274. The molecule has 11 heteroatoms. The lowest BCUT2D eigenvalue weighted by Crippen LogP contribution is -2.29. The maximum Gasteiger partial charge on any atom is 0.573 e. The molecule has 180 valence electrons. The van der Waals surface area contributed by atoms with Crippen LogP contribution in [0.3, 0.4) is 0 Å². The van der Waals surface area contributed by atoms with E-state index in [4.69, 9.17) is 13.9 Å². The third-order valence-corrected chi connectivity index (χ3v) is 5.47. The highest BCUT2D eigenvalue weighted by molar-refractivity contribution is 6.51. The maximum atomic E-state index is 13.1. The first-order valence-electron chi connectivity index (χ1n) is 10.3. The highest BCUT2D eigenvalue weighted by atomic mass is 19.4. The van der Waals surface area contributed by atoms with Gasteiger partial charge in [-0.25, -0.2) is 0 Å². The number of carbonyl (C=O) groups is 2. The molecule has 3 aromatic rings. The standard InChI is InChI=1S/C24H16F3NO7/c1-12-2-8-17(34-12)20-19(21(29)13-3-9-16-18(10-13)33-11-32-16)22(30)23(31)28(20)14-4-6-15(7-5-14)35-24(25,26)27/h2-10,20,29H,11H2,1H3/b21-19-. The number of anilines is 1. The van der Waals surface area contributed by atoms with Gasteiger partial charge in [-0.1, -0.05) is 0 Å². The molecular weight excluding hydrogens is 471 g/mol. The number of halogens is 3. The smallest absolute Gasteiger partial charge is 0.507 e. The van der Waals surface area contributed by atoms with E-state index in [-0.39, 0.29) is 29.4 Å². The van der Waals surface area contributed by atoms with Crippen molar-refractivity contribution in [2.75, 3.05) is 11.7 Å². The number of aryl methyl sites for hydroxylation is 1. The Balaban J connectivity index is 1.61. The van der Waals surface area contributed by atoms with Crippen LogP contribution in [0.25, 0.3) is 5.76 Å². The molecule has 0 radical (unpaired) electrons. The summed E-state index contributed by atoms with van der Waals surface area (Å²) in [5.41, 5.74) is 0.0544. The molecule has 8 nitrogen and oxygen atoms in total. The van der Waals surface area contributed by atoms with Crippen LogP contribution >= 0.6 is 0 Å². The van der Waals surface area contributed by atoms with Gasteiger partial charge >= 0.3 is 6.36 Å². The van der Waals surface area contributed by atoms with E-state index in [1.54, 1.807) is 25.1 Å². The third kappa shape index (κ3) is 4.05. The summed E-state index contributed by atoms with van der Waals surface area (Å²) >= 11 is 0. The molecule has 1 saturated heterocycles. The second-order valence-electron chi connectivity index (χ2n) is 7.73. The molecule has 3 heterocycles. The highest BCUT2D eigenvalue weighted by Crippen LogP contribution is 2.44. The Labute approximate surface area is 195 Å². The van der Waals surface area contributed by atoms with Gasteiger partial charge < -0.3 is 23.7 Å². The van der Waals surface area contributed by atoms with Gasteiger partial charge in [-0.05, 0) is 61.5 Å². The van der Waals surface area contributed by atoms with Crippen LogP contribution in [0.2, 0.25) is 0 Å². The number of furan rings is 1. The van der Waals surface area contributed by atoms with Gasteiger partial charge in [0.1, 0.15) is 29.1 Å². The number of amides is 1. The Morgan fingerprint density at radius 1 is 1.03 bits per heavy atom. The zero-order valence-corrected chi connectivity index (χ0v) is 18.0. The average Bonchev–Trinajstić information content (AvgIpc) is 3.51. The van der Waals surface area contributed by atoms with Crippen molar-refractivity contribution in [3.05, 3.63) is 77.3 Å². The summed E-state index contributed by atoms with van der Waals surface area (Å²) in [4.78, 5) is 27.2. The van der Waals surface area contributed by atoms with Crippen molar-refractivity contribution in [2.24, 2.45) is 0 Å². The molecule has 2 aliphatic heterocycles. The topological polar surface area (TPSA) is 98.4 Å². The zero-order valence-electron chi connectivity index (χ0n) is 18.0. The predicted molar refractivity (Wildman–Crippen MR) is 114 cm³/mol. The van der Waals surface area contributed by atoms with E-state index in [9.17, 15) is 27.9 Å². The second-order valence-corrected chi connectivity index (χ2v) is 7.73. The van der Waals surface area contributed by atoms with Crippen molar-refractivity contribution in [3.8, 4) is 17.2 Å². The number of nitrogens with zero attached hydrogens (tertiary/aromatic N) is 1. The summed E-state index contributed by atoms with van der Waals surface area (Å²) < 4.78 is 57.7. The molecule has 2 aliphatic rings. The monoisotopic (exact) mass is 487 g/mol. The van der Waals surface area contributed by atoms with Gasteiger partial charge in [0, 0.05) is 11.3 Å². The first kappa shape index (κ1) is 22.4. The summed E-state index contributed by atoms with van der Waals surface area (Å²) in [7, 11) is 0. The molecule has 0 saturated carbocycles. The molecular formula is C24H16F3NO7. The van der Waals surface area contributed by atoms with Crippen LogP contribution in [0.15, 0.2) is 64.6 Å². The summed E-state index contributed by atoms with van der Waals surface area (Å²) in [5, 5.41) is 11.1. The molecule has 1 amide bonds. The molecule has 0 aliphatic carbocycles. The van der Waals surface area contributed by atoms with E-state index in [0.717, 1.165) is 17.0 Å². The number of carbonyl (C=O) groups excluding carboxylic acids is 2. The number of aliphatic hydroxyl groups is 1. The van der Waals surface area contributed by atoms with Gasteiger partial charge in [0.15, 0.2) is 11.5 Å². The summed E-state index contributed by atoms with van der Waals surface area (Å²) in [6.45, 7) is 1.67. The number of ether oxygens (including phenoxy) is 3. The number of Topliss-reactive ketones (excluding diaryl/α,β-unsaturated/α-hetero) is 1. The Morgan fingerprint density at radius 2 is 1.74 bits per heavy atom. The fourth-order valence-corrected chi connectivity index (χ4v) is 3.98. The molecule has 2 aromatic carbocycles. The van der Waals surface area contributed by atoms with Crippen LogP contribution < -0.4 is 19.1 Å². The quantitative estimate of drug-likeness (QED) is 0.319. The van der Waals surface area contributed by atoms with E-state index in [1.807, 2.05) is 0 Å². The summed E-state index contributed by atoms with van der Waals surface area (Å²) in [6.07, 6.45) is -4.89. The summed E-state index contributed by atoms with van der Waals surface area (Å²) in [6, 6.07) is 11.0. The minimum atomic E-state index is -4.89. The van der Waals surface area contributed by atoms with Crippen LogP contribution in [-0.4, -0.2) is 30.0 Å². The number of hydrogen-bond acceptors (Lipinski definition) is 7. The first-order chi connectivity index (χ1) is 16.6. The highest BCUT2D eigenvalue weighted by Gasteiger charge is 2.48. The van der Waals surface area contributed by atoms with Crippen LogP contribution in [0, 0.1) is 6.92 Å². The fraction of sp³-hybridized carbons (Fsp3) is 0.167. The van der Waals surface area contributed by atoms with Crippen molar-refractivity contribution in [2.45, 2.75) is 19.3 Å². The van der Waals surface area contributed by atoms with Crippen molar-refractivity contribution in [1.29, 1.82) is 0 Å². The largest absolute Gasteiger partial charge is 0.573 e. The van der Waals surface area contributed by atoms with Crippen molar-refractivity contribution >= 4 is 23.1 Å². The van der Waals surface area contributed by atoms with Gasteiger partial charge in [-0.15, -0.1) is 13.2 Å². The molecule has 1 N–H and O–H groups in total. The molecule has 1 unspecified atom stereocenters. The van der Waals surface area contributed by atoms with Gasteiger partial charge in [0.2, 0.25) is 6.79 Å². The van der Waals surface area contributed by atoms with Crippen LogP contribution in [0.4, 0.5) is 18.9 Å². The van der Waals surface area contributed by atoms with Crippen molar-refractivity contribution in [1.82, 2.24) is 0 Å². The van der Waals surface area contributed by atoms with E-state index < -0.39 is 35.6 Å². The molecule has 35 heavy (non-hydrogen) atoms. The normalized spacial score (nSPS) is 18.9. The Bertz CT molecular complexity index is 1360. The molecule has 0 spiro atoms. The Hall–Kier alpha value is -4.41. The van der Waals surface area contributed by atoms with Gasteiger partial charge in [0.05, 0.1) is 5.57 Å². The lowest BCUT2D eigenvalue weighted by Gasteiger charge is -2.23. The third-order valence-electron chi connectivity index (χ3n) is 5.47. The van der Waals surface area contributed by atoms with E-state index in [1.165, 1.54) is 24.3 Å². The average molecular weight is 487 g/mol. The van der Waals surface area contributed by atoms with E-state index >= 15 is 0 Å². The van der Waals surface area contributed by atoms with E-state index in [0.29, 0.717) is 17.3 Å². The molecule has 5 rings (SSSR count). The minimum absolute atomic E-state index is 0.00363. The number of aliphatic hydroxyl groups excluding tert-OH is 1. The number of rotatable bonds is 4. The first-order valence-corrected chi connectivity index (χ1v) is 10.3. The number of benzene rings is 2. The fourth-order valence-electron chi connectivity index (χ4n) is 3.98. The van der Waals surface area contributed by atoms with Crippen LogP contribution in [-0.2, 0) is 9.59 Å². The SMILES string of the molecule is Cc1ccc(C2/C(=C(/O)c3ccc4c(c3)OCO4)C(=O)C(=O)N2c2ccc(OC(F)(F)F)cc2)o1. The minimum Gasteiger partial charge on any atom is -0.507 e. The van der Waals surface area contributed by atoms with Gasteiger partial charge in [-0.2, -0.15) is 0 Å². The number of ketones is 1. The molecule has 1 fully saturated rings. The van der Waals surface area contributed by atoms with Gasteiger partial charge in [-0.3, -0.25) is 14.5 Å². The lowest BCUT2D eigenvalue weighted by atomic mass is 9.99. The number of hydrogen-bond donors (Lipinski definition) is 1. The molecule has 0 bridgehead atoms. The Kier molecular flexibility index (Phi) is 5.19. The molecule has 1 aromatic heterocycles. The second kappa shape index (κ2) is 8.12. The number of fused-ring (bicyclic) bond motifs is 1. The zero-order chi connectivity index (χ0) is 24.9.